The van der Waals surface area contributed by atoms with Gasteiger partial charge < -0.3 is 45.0 Å². The maximum Gasteiger partial charge on any atom is 0.163 e. The number of hydrogen-bond donors (Lipinski definition) is 2. The van der Waals surface area contributed by atoms with Gasteiger partial charge >= 0.3 is 0 Å². The molecule has 0 saturated carbocycles. The van der Waals surface area contributed by atoms with Crippen molar-refractivity contribution in [1.82, 2.24) is 49.2 Å². The average molecular weight is 1120 g/mol. The summed E-state index contributed by atoms with van der Waals surface area (Å²) in [6.07, 6.45) is 19.8. The van der Waals surface area contributed by atoms with Gasteiger partial charge in [0.05, 0.1) is 28.3 Å². The van der Waals surface area contributed by atoms with Crippen LogP contribution in [0, 0.1) is 0 Å². The van der Waals surface area contributed by atoms with Crippen LogP contribution in [0.3, 0.4) is 0 Å². The van der Waals surface area contributed by atoms with E-state index in [1.165, 1.54) is 34.8 Å². The molecule has 11 rings (SSSR count). The molecular weight excluding hydrogens is 1040 g/mol. The van der Waals surface area contributed by atoms with Crippen LogP contribution in [-0.4, -0.2) is 160 Å². The Balaban J connectivity index is 0.000000158. The normalized spacial score (nSPS) is 16.0. The number of aryl methyl sites for hydroxylation is 1. The van der Waals surface area contributed by atoms with Crippen molar-refractivity contribution in [2.24, 2.45) is 12.8 Å². The second-order valence-corrected chi connectivity index (χ2v) is 21.3. The van der Waals surface area contributed by atoms with Crippen molar-refractivity contribution in [3.63, 3.8) is 0 Å². The highest BCUT2D eigenvalue weighted by atomic mass is 79.9. The van der Waals surface area contributed by atoms with Crippen LogP contribution in [0.15, 0.2) is 133 Å². The van der Waals surface area contributed by atoms with Crippen LogP contribution in [0.2, 0.25) is 0 Å². The zero-order chi connectivity index (χ0) is 55.3. The van der Waals surface area contributed by atoms with Crippen LogP contribution in [0.5, 0.6) is 0 Å². The molecule has 0 amide bonds. The summed E-state index contributed by atoms with van der Waals surface area (Å²) in [6.45, 7) is 19.9. The number of rotatable bonds is 10. The second kappa shape index (κ2) is 26.9. The second-order valence-electron chi connectivity index (χ2n) is 20.4. The van der Waals surface area contributed by atoms with E-state index in [-0.39, 0.29) is 23.7 Å². The largest absolute Gasteiger partial charge is 0.378 e. The molecule has 0 bridgehead atoms. The predicted molar refractivity (Wildman–Crippen MR) is 320 cm³/mol. The molecule has 3 N–H and O–H groups in total. The molecule has 17 nitrogen and oxygen atoms in total. The minimum absolute atomic E-state index is 0.0278. The molecule has 3 aliphatic heterocycles. The van der Waals surface area contributed by atoms with E-state index >= 15 is 0 Å². The van der Waals surface area contributed by atoms with Gasteiger partial charge in [0.15, 0.2) is 11.6 Å². The van der Waals surface area contributed by atoms with Gasteiger partial charge in [-0.15, -0.1) is 0 Å². The van der Waals surface area contributed by atoms with Crippen LogP contribution in [0.4, 0.5) is 22.7 Å². The summed E-state index contributed by atoms with van der Waals surface area (Å²) in [7, 11) is 8.55. The monoisotopic (exact) mass is 1120 g/mol. The lowest BCUT2D eigenvalue weighted by atomic mass is 10.0. The molecule has 0 spiro atoms. The van der Waals surface area contributed by atoms with Gasteiger partial charge in [-0.1, -0.05) is 12.1 Å². The molecule has 3 fully saturated rings. The molecule has 6 aromatic heterocycles. The molecule has 0 radical (unpaired) electrons. The van der Waals surface area contributed by atoms with E-state index in [2.05, 4.69) is 175 Å². The minimum Gasteiger partial charge on any atom is -0.378 e. The lowest BCUT2D eigenvalue weighted by Crippen LogP contribution is -2.45. The number of likely N-dealkylation sites (N-methyl/N-ethyl adjacent to an activating group) is 3. The van der Waals surface area contributed by atoms with Crippen molar-refractivity contribution >= 4 is 72.2 Å². The summed E-state index contributed by atoms with van der Waals surface area (Å²) in [4.78, 5) is 62.2. The van der Waals surface area contributed by atoms with E-state index in [0.717, 1.165) is 128 Å². The number of nitrogens with zero attached hydrogens (tertiary/aromatic N) is 13. The summed E-state index contributed by atoms with van der Waals surface area (Å²) in [6, 6.07) is 21.0. The topological polar surface area (TPSA) is 174 Å². The van der Waals surface area contributed by atoms with Gasteiger partial charge in [-0.05, 0) is 124 Å². The SMILES string of the molecule is CC(=O)c1cnccc1Br.CC(=O)c1cnccc1N1CCN(C)CC1.CC(N)c1cnccc1N1CCN(C)CC1.CC(Nc1cc(-c2ccc3ccn(C)c3c2)c2nccnc2c1)c1cnccc1N1CCN(C)CC1. The Morgan fingerprint density at radius 1 is 0.564 bits per heavy atom. The zero-order valence-electron chi connectivity index (χ0n) is 46.3. The quantitative estimate of drug-likeness (QED) is 0.124. The molecule has 2 unspecified atom stereocenters. The van der Waals surface area contributed by atoms with Crippen molar-refractivity contribution in [2.75, 3.05) is 120 Å². The zero-order valence-corrected chi connectivity index (χ0v) is 47.9. The van der Waals surface area contributed by atoms with Gasteiger partial charge in [-0.2, -0.15) is 0 Å². The molecule has 18 heteroatoms. The number of piperazine rings is 3. The summed E-state index contributed by atoms with van der Waals surface area (Å²) in [5, 5.41) is 4.97. The maximum atomic E-state index is 11.5. The van der Waals surface area contributed by atoms with Gasteiger partial charge in [0.1, 0.15) is 0 Å². The van der Waals surface area contributed by atoms with Gasteiger partial charge in [0.25, 0.3) is 0 Å². The summed E-state index contributed by atoms with van der Waals surface area (Å²) < 4.78 is 2.95. The molecule has 3 saturated heterocycles. The molecular formula is C60H74BrN15O2. The van der Waals surface area contributed by atoms with Gasteiger partial charge in [0.2, 0.25) is 0 Å². The first-order valence-electron chi connectivity index (χ1n) is 26.7. The molecule has 2 atom stereocenters. The van der Waals surface area contributed by atoms with Gasteiger partial charge in [-0.25, -0.2) is 0 Å². The fourth-order valence-electron chi connectivity index (χ4n) is 9.91. The smallest absolute Gasteiger partial charge is 0.163 e. The number of carbonyl (C=O) groups is 2. The van der Waals surface area contributed by atoms with Crippen LogP contribution in [0.25, 0.3) is 33.1 Å². The van der Waals surface area contributed by atoms with E-state index < -0.39 is 0 Å². The Morgan fingerprint density at radius 3 is 1.62 bits per heavy atom. The van der Waals surface area contributed by atoms with Crippen LogP contribution >= 0.6 is 15.9 Å². The number of nitrogens with two attached hydrogens (primary N) is 1. The Bertz CT molecular complexity index is 3270. The number of hydrogen-bond acceptors (Lipinski definition) is 16. The Hall–Kier alpha value is -7.22. The van der Waals surface area contributed by atoms with Crippen molar-refractivity contribution in [1.29, 1.82) is 0 Å². The van der Waals surface area contributed by atoms with Crippen molar-refractivity contribution in [3.8, 4) is 11.1 Å². The first-order chi connectivity index (χ1) is 37.6. The Labute approximate surface area is 467 Å². The maximum absolute atomic E-state index is 11.5. The highest BCUT2D eigenvalue weighted by molar-refractivity contribution is 9.10. The number of aromatic nitrogens is 7. The third-order valence-corrected chi connectivity index (χ3v) is 15.3. The third-order valence-electron chi connectivity index (χ3n) is 14.6. The molecule has 8 aromatic rings. The number of carbonyl (C=O) groups excluding carboxylic acids is 2. The minimum atomic E-state index is 0.0278. The first-order valence-corrected chi connectivity index (χ1v) is 27.5. The number of nitrogens with one attached hydrogen (secondary N) is 1. The van der Waals surface area contributed by atoms with Gasteiger partial charge in [-0.3, -0.25) is 39.5 Å². The Morgan fingerprint density at radius 2 is 1.06 bits per heavy atom. The number of fused-ring (bicyclic) bond motifs is 2. The molecule has 78 heavy (non-hydrogen) atoms. The first kappa shape index (κ1) is 57.0. The molecule has 2 aromatic carbocycles. The van der Waals surface area contributed by atoms with Crippen LogP contribution < -0.4 is 25.8 Å². The van der Waals surface area contributed by atoms with Crippen molar-refractivity contribution in [2.45, 2.75) is 39.8 Å². The molecule has 3 aliphatic rings. The van der Waals surface area contributed by atoms with Crippen molar-refractivity contribution < 1.29 is 9.59 Å². The van der Waals surface area contributed by atoms with E-state index in [0.29, 0.717) is 5.56 Å². The molecule has 9 heterocycles. The van der Waals surface area contributed by atoms with Crippen molar-refractivity contribution in [3.05, 3.63) is 156 Å². The predicted octanol–water partition coefficient (Wildman–Crippen LogP) is 9.04. The number of halogens is 1. The lowest BCUT2D eigenvalue weighted by Gasteiger charge is -2.36. The number of ketones is 2. The number of pyridine rings is 4. The molecule has 408 valence electrons. The number of Topliss-reactive ketones (excluding diaryl/α,β-unsaturated/α-hetero) is 2. The van der Waals surface area contributed by atoms with Crippen LogP contribution in [-0.2, 0) is 7.05 Å². The fraction of sp³-hybridized carbons (Fsp3) is 0.367. The number of benzene rings is 2. The van der Waals surface area contributed by atoms with E-state index in [1.54, 1.807) is 50.2 Å². The van der Waals surface area contributed by atoms with E-state index in [4.69, 9.17) is 5.73 Å². The summed E-state index contributed by atoms with van der Waals surface area (Å²) in [5.41, 5.74) is 19.4. The summed E-state index contributed by atoms with van der Waals surface area (Å²) in [5.74, 6) is 0.113. The van der Waals surface area contributed by atoms with E-state index in [9.17, 15) is 9.59 Å². The fourth-order valence-corrected chi connectivity index (χ4v) is 10.4. The summed E-state index contributed by atoms with van der Waals surface area (Å²) >= 11 is 3.24. The third kappa shape index (κ3) is 14.5. The Kier molecular flexibility index (Phi) is 19.6. The number of anilines is 4. The lowest BCUT2D eigenvalue weighted by molar-refractivity contribution is 0.100. The standard InChI is InChI=1S/C29H31N7.C12H20N4.C12H17N3O.C7H6BrNO/c1-20(25-19-30-8-6-27(25)36-14-12-34(2)13-15-36)33-23-17-24(29-26(18-23)31-9-10-32-29)22-5-4-21-7-11-35(3)28(21)16-22;1-10(13)11-9-14-4-3-12(11)16-7-5-15(2)6-8-16;1-10(16)11-9-13-4-3-12(11)15-7-5-14(2)6-8-15;1-5(10)6-4-9-3-2-7(6)8/h4-11,16-20,33H,12-15H2,1-3H3;3-4,9-10H,5-8,13H2,1-2H3;3-4,9H,5-8H2,1-2H3;2-4H,1H3. The van der Waals surface area contributed by atoms with E-state index in [1.807, 2.05) is 37.8 Å². The molecule has 0 aliphatic carbocycles. The average Bonchev–Trinajstić information content (AvgIpc) is 3.91. The van der Waals surface area contributed by atoms with Gasteiger partial charge in [0, 0.05) is 209 Å². The van der Waals surface area contributed by atoms with Crippen LogP contribution in [0.1, 0.15) is 71.6 Å². The highest BCUT2D eigenvalue weighted by Crippen LogP contribution is 2.35. The highest BCUT2D eigenvalue weighted by Gasteiger charge is 2.22.